The normalized spacial score (nSPS) is 13.2. The molecule has 7 heteroatoms. The Kier molecular flexibility index (Phi) is 9.34. The standard InChI is InChI=1S/C22H32N2O5/c1-15-4-6-20(7-5-15)29-16(2)8-9-23-11-19(27)14-28-22-17(3)24-10-18(12-25)21(22)13-26/h4-7,10,16,19,23,25-27H,8-9,11-14H2,1-3H3. The topological polar surface area (TPSA) is 104 Å². The molecule has 2 aromatic rings. The first kappa shape index (κ1) is 23.1. The summed E-state index contributed by atoms with van der Waals surface area (Å²) in [6.45, 7) is 6.46. The quantitative estimate of drug-likeness (QED) is 0.400. The molecule has 0 bridgehead atoms. The maximum atomic E-state index is 10.2. The maximum Gasteiger partial charge on any atom is 0.146 e. The van der Waals surface area contributed by atoms with Crippen LogP contribution in [0.5, 0.6) is 11.5 Å². The van der Waals surface area contributed by atoms with Gasteiger partial charge in [-0.3, -0.25) is 4.98 Å². The Morgan fingerprint density at radius 2 is 1.83 bits per heavy atom. The van der Waals surface area contributed by atoms with Crippen LogP contribution in [0, 0.1) is 13.8 Å². The Hall–Kier alpha value is -2.19. The van der Waals surface area contributed by atoms with E-state index in [1.165, 1.54) is 11.8 Å². The summed E-state index contributed by atoms with van der Waals surface area (Å²) in [6.07, 6.45) is 1.66. The third-order valence-electron chi connectivity index (χ3n) is 4.62. The predicted octanol–water partition coefficient (Wildman–Crippen LogP) is 1.87. The van der Waals surface area contributed by atoms with Gasteiger partial charge in [-0.2, -0.15) is 0 Å². The van der Waals surface area contributed by atoms with Gasteiger partial charge in [0, 0.05) is 23.9 Å². The van der Waals surface area contributed by atoms with Crippen molar-refractivity contribution in [1.29, 1.82) is 0 Å². The van der Waals surface area contributed by atoms with E-state index in [1.54, 1.807) is 6.92 Å². The minimum Gasteiger partial charge on any atom is -0.491 e. The lowest BCUT2D eigenvalue weighted by Gasteiger charge is -2.18. The van der Waals surface area contributed by atoms with E-state index in [1.807, 2.05) is 38.1 Å². The lowest BCUT2D eigenvalue weighted by molar-refractivity contribution is 0.103. The van der Waals surface area contributed by atoms with Crippen LogP contribution in [0.2, 0.25) is 0 Å². The molecule has 29 heavy (non-hydrogen) atoms. The number of rotatable bonds is 12. The fourth-order valence-electron chi connectivity index (χ4n) is 2.90. The zero-order valence-electron chi connectivity index (χ0n) is 17.4. The minimum atomic E-state index is -0.716. The lowest BCUT2D eigenvalue weighted by atomic mass is 10.1. The summed E-state index contributed by atoms with van der Waals surface area (Å²) in [7, 11) is 0. The second-order valence-corrected chi connectivity index (χ2v) is 7.19. The SMILES string of the molecule is Cc1ccc(OC(C)CCNCC(O)COc2c(C)ncc(CO)c2CO)cc1. The summed E-state index contributed by atoms with van der Waals surface area (Å²) in [5, 5.41) is 32.3. The van der Waals surface area contributed by atoms with Crippen LogP contribution in [0.1, 0.15) is 35.7 Å². The largest absolute Gasteiger partial charge is 0.491 e. The molecule has 0 aliphatic rings. The van der Waals surface area contributed by atoms with Gasteiger partial charge >= 0.3 is 0 Å². The van der Waals surface area contributed by atoms with Gasteiger partial charge in [0.25, 0.3) is 0 Å². The Morgan fingerprint density at radius 3 is 2.48 bits per heavy atom. The highest BCUT2D eigenvalue weighted by Crippen LogP contribution is 2.25. The van der Waals surface area contributed by atoms with Crippen LogP contribution < -0.4 is 14.8 Å². The van der Waals surface area contributed by atoms with Crippen molar-refractivity contribution in [3.63, 3.8) is 0 Å². The molecule has 1 heterocycles. The lowest BCUT2D eigenvalue weighted by Crippen LogP contribution is -2.33. The summed E-state index contributed by atoms with van der Waals surface area (Å²) >= 11 is 0. The van der Waals surface area contributed by atoms with Gasteiger partial charge in [0.15, 0.2) is 0 Å². The fourth-order valence-corrected chi connectivity index (χ4v) is 2.90. The number of nitrogens with zero attached hydrogens (tertiary/aromatic N) is 1. The summed E-state index contributed by atoms with van der Waals surface area (Å²) in [6, 6.07) is 7.96. The average Bonchev–Trinajstić information content (AvgIpc) is 2.71. The van der Waals surface area contributed by atoms with E-state index in [4.69, 9.17) is 9.47 Å². The number of aliphatic hydroxyl groups excluding tert-OH is 3. The van der Waals surface area contributed by atoms with Gasteiger partial charge in [-0.15, -0.1) is 0 Å². The molecule has 0 amide bonds. The van der Waals surface area contributed by atoms with Crippen molar-refractivity contribution in [1.82, 2.24) is 10.3 Å². The van der Waals surface area contributed by atoms with Gasteiger partial charge in [0.1, 0.15) is 24.2 Å². The predicted molar refractivity (Wildman–Crippen MR) is 111 cm³/mol. The van der Waals surface area contributed by atoms with Crippen molar-refractivity contribution in [2.24, 2.45) is 0 Å². The molecule has 7 nitrogen and oxygen atoms in total. The van der Waals surface area contributed by atoms with Gasteiger partial charge in [-0.1, -0.05) is 17.7 Å². The van der Waals surface area contributed by atoms with Crippen molar-refractivity contribution < 1.29 is 24.8 Å². The molecule has 0 saturated carbocycles. The molecular weight excluding hydrogens is 372 g/mol. The maximum absolute atomic E-state index is 10.2. The summed E-state index contributed by atoms with van der Waals surface area (Å²) in [5.41, 5.74) is 2.82. The molecule has 0 aliphatic heterocycles. The van der Waals surface area contributed by atoms with Gasteiger partial charge < -0.3 is 30.1 Å². The molecular formula is C22H32N2O5. The van der Waals surface area contributed by atoms with Crippen LogP contribution in [-0.2, 0) is 13.2 Å². The van der Waals surface area contributed by atoms with E-state index >= 15 is 0 Å². The van der Waals surface area contributed by atoms with Crippen molar-refractivity contribution in [3.8, 4) is 11.5 Å². The van der Waals surface area contributed by atoms with Crippen LogP contribution in [-0.4, -0.2) is 52.2 Å². The second-order valence-electron chi connectivity index (χ2n) is 7.19. The molecule has 0 fully saturated rings. The number of nitrogens with one attached hydrogen (secondary N) is 1. The van der Waals surface area contributed by atoms with Gasteiger partial charge in [0.2, 0.25) is 0 Å². The molecule has 0 spiro atoms. The van der Waals surface area contributed by atoms with Crippen molar-refractivity contribution in [2.75, 3.05) is 19.7 Å². The number of aryl methyl sites for hydroxylation is 2. The van der Waals surface area contributed by atoms with E-state index in [2.05, 4.69) is 10.3 Å². The monoisotopic (exact) mass is 404 g/mol. The molecule has 1 aromatic carbocycles. The molecule has 2 rings (SSSR count). The minimum absolute atomic E-state index is 0.0562. The van der Waals surface area contributed by atoms with E-state index in [9.17, 15) is 15.3 Å². The number of pyridine rings is 1. The molecule has 160 valence electrons. The van der Waals surface area contributed by atoms with Crippen LogP contribution in [0.15, 0.2) is 30.5 Å². The number of hydrogen-bond donors (Lipinski definition) is 4. The van der Waals surface area contributed by atoms with E-state index in [-0.39, 0.29) is 25.9 Å². The van der Waals surface area contributed by atoms with Crippen molar-refractivity contribution in [3.05, 3.63) is 52.8 Å². The highest BCUT2D eigenvalue weighted by atomic mass is 16.5. The van der Waals surface area contributed by atoms with Crippen LogP contribution >= 0.6 is 0 Å². The first-order valence-electron chi connectivity index (χ1n) is 9.88. The average molecular weight is 405 g/mol. The second kappa shape index (κ2) is 11.7. The highest BCUT2D eigenvalue weighted by Gasteiger charge is 2.15. The van der Waals surface area contributed by atoms with Crippen molar-refractivity contribution in [2.45, 2.75) is 52.6 Å². The summed E-state index contributed by atoms with van der Waals surface area (Å²) < 4.78 is 11.5. The Labute approximate surface area is 172 Å². The number of aliphatic hydroxyl groups is 3. The summed E-state index contributed by atoms with van der Waals surface area (Å²) in [4.78, 5) is 4.16. The molecule has 0 aliphatic carbocycles. The smallest absolute Gasteiger partial charge is 0.146 e. The Balaban J connectivity index is 1.71. The van der Waals surface area contributed by atoms with E-state index in [0.717, 1.165) is 12.2 Å². The number of ether oxygens (including phenoxy) is 2. The molecule has 2 atom stereocenters. The molecule has 2 unspecified atom stereocenters. The summed E-state index contributed by atoms with van der Waals surface area (Å²) in [5.74, 6) is 1.27. The van der Waals surface area contributed by atoms with Crippen molar-refractivity contribution >= 4 is 0 Å². The van der Waals surface area contributed by atoms with Crippen LogP contribution in [0.4, 0.5) is 0 Å². The van der Waals surface area contributed by atoms with Gasteiger partial charge in [-0.25, -0.2) is 0 Å². The Bertz CT molecular complexity index is 752. The number of benzene rings is 1. The van der Waals surface area contributed by atoms with Crippen LogP contribution in [0.25, 0.3) is 0 Å². The van der Waals surface area contributed by atoms with Gasteiger partial charge in [0.05, 0.1) is 25.0 Å². The number of aromatic nitrogens is 1. The van der Waals surface area contributed by atoms with E-state index < -0.39 is 6.10 Å². The zero-order valence-corrected chi connectivity index (χ0v) is 17.4. The molecule has 0 saturated heterocycles. The fraction of sp³-hybridized carbons (Fsp3) is 0.500. The Morgan fingerprint density at radius 1 is 1.10 bits per heavy atom. The number of hydrogen-bond acceptors (Lipinski definition) is 7. The molecule has 4 N–H and O–H groups in total. The van der Waals surface area contributed by atoms with Crippen LogP contribution in [0.3, 0.4) is 0 Å². The third-order valence-corrected chi connectivity index (χ3v) is 4.62. The highest BCUT2D eigenvalue weighted by molar-refractivity contribution is 5.41. The first-order chi connectivity index (χ1) is 13.9. The van der Waals surface area contributed by atoms with E-state index in [0.29, 0.717) is 35.7 Å². The molecule has 0 radical (unpaired) electrons. The first-order valence-corrected chi connectivity index (χ1v) is 9.88. The third kappa shape index (κ3) is 7.29. The van der Waals surface area contributed by atoms with Gasteiger partial charge in [-0.05, 0) is 45.9 Å². The zero-order chi connectivity index (χ0) is 21.2. The molecule has 1 aromatic heterocycles.